The molecular formula is C14H23NO2. The van der Waals surface area contributed by atoms with Crippen LogP contribution < -0.4 is 5.32 Å². The van der Waals surface area contributed by atoms with E-state index in [0.29, 0.717) is 6.61 Å². The van der Waals surface area contributed by atoms with Gasteiger partial charge in [0.1, 0.15) is 0 Å². The summed E-state index contributed by atoms with van der Waals surface area (Å²) in [4.78, 5) is 0. The van der Waals surface area contributed by atoms with Gasteiger partial charge in [-0.25, -0.2) is 0 Å². The molecule has 0 aromatic heterocycles. The second-order valence-electron chi connectivity index (χ2n) is 4.15. The highest BCUT2D eigenvalue weighted by Gasteiger charge is 1.99. The molecule has 0 heterocycles. The van der Waals surface area contributed by atoms with Crippen molar-refractivity contribution in [2.24, 2.45) is 0 Å². The lowest BCUT2D eigenvalue weighted by Gasteiger charge is -2.11. The minimum atomic E-state index is 0.189. The second kappa shape index (κ2) is 9.16. The highest BCUT2D eigenvalue weighted by Crippen LogP contribution is 1.97. The van der Waals surface area contributed by atoms with E-state index in [-0.39, 0.29) is 6.10 Å². The molecule has 1 unspecified atom stereocenters. The first kappa shape index (κ1) is 14.2. The van der Waals surface area contributed by atoms with Gasteiger partial charge in [0, 0.05) is 20.3 Å². The number of nitrogens with one attached hydrogen (secondary N) is 1. The van der Waals surface area contributed by atoms with Gasteiger partial charge in [0.2, 0.25) is 0 Å². The van der Waals surface area contributed by atoms with Crippen molar-refractivity contribution in [2.45, 2.75) is 26.0 Å². The summed E-state index contributed by atoms with van der Waals surface area (Å²) in [7, 11) is 1.70. The maximum Gasteiger partial charge on any atom is 0.0780 e. The van der Waals surface area contributed by atoms with Crippen LogP contribution in [0.3, 0.4) is 0 Å². The molecule has 0 aliphatic carbocycles. The van der Waals surface area contributed by atoms with Gasteiger partial charge in [-0.1, -0.05) is 30.3 Å². The molecule has 0 amide bonds. The Balaban J connectivity index is 1.95. The lowest BCUT2D eigenvalue weighted by molar-refractivity contribution is 0.00839. The average Bonchev–Trinajstić information content (AvgIpc) is 2.35. The molecule has 1 N–H and O–H groups in total. The molecule has 96 valence electrons. The smallest absolute Gasteiger partial charge is 0.0780 e. The fraction of sp³-hybridized carbons (Fsp3) is 0.571. The summed E-state index contributed by atoms with van der Waals surface area (Å²) in [5.74, 6) is 0. The van der Waals surface area contributed by atoms with E-state index >= 15 is 0 Å². The van der Waals surface area contributed by atoms with Crippen LogP contribution in [0, 0.1) is 0 Å². The van der Waals surface area contributed by atoms with Crippen LogP contribution >= 0.6 is 0 Å². The molecule has 0 radical (unpaired) electrons. The van der Waals surface area contributed by atoms with E-state index in [0.717, 1.165) is 26.1 Å². The maximum atomic E-state index is 5.57. The van der Waals surface area contributed by atoms with E-state index < -0.39 is 0 Å². The Morgan fingerprint density at radius 1 is 1.24 bits per heavy atom. The van der Waals surface area contributed by atoms with Crippen LogP contribution in [0.25, 0.3) is 0 Å². The molecule has 0 aliphatic heterocycles. The Bertz CT molecular complexity index is 277. The van der Waals surface area contributed by atoms with Gasteiger partial charge < -0.3 is 14.8 Å². The van der Waals surface area contributed by atoms with E-state index in [1.165, 1.54) is 5.56 Å². The molecule has 0 bridgehead atoms. The number of ether oxygens (including phenoxy) is 2. The Hall–Kier alpha value is -0.900. The second-order valence-corrected chi connectivity index (χ2v) is 4.15. The summed E-state index contributed by atoms with van der Waals surface area (Å²) < 4.78 is 10.6. The Labute approximate surface area is 104 Å². The number of methoxy groups -OCH3 is 1. The van der Waals surface area contributed by atoms with Crippen LogP contribution in [-0.2, 0) is 16.0 Å². The van der Waals surface area contributed by atoms with Crippen LogP contribution in [0.4, 0.5) is 0 Å². The van der Waals surface area contributed by atoms with Crippen LogP contribution in [0.15, 0.2) is 30.3 Å². The van der Waals surface area contributed by atoms with Crippen molar-refractivity contribution < 1.29 is 9.47 Å². The van der Waals surface area contributed by atoms with Crippen molar-refractivity contribution >= 4 is 0 Å². The van der Waals surface area contributed by atoms with Crippen LogP contribution in [-0.4, -0.2) is 33.0 Å². The summed E-state index contributed by atoms with van der Waals surface area (Å²) >= 11 is 0. The average molecular weight is 237 g/mol. The van der Waals surface area contributed by atoms with E-state index in [4.69, 9.17) is 9.47 Å². The fourth-order valence-electron chi connectivity index (χ4n) is 1.59. The Morgan fingerprint density at radius 2 is 2.00 bits per heavy atom. The van der Waals surface area contributed by atoms with Gasteiger partial charge in [0.15, 0.2) is 0 Å². The highest BCUT2D eigenvalue weighted by atomic mass is 16.5. The Kier molecular flexibility index (Phi) is 7.63. The molecule has 1 aromatic rings. The number of benzene rings is 1. The summed E-state index contributed by atoms with van der Waals surface area (Å²) in [6, 6.07) is 10.4. The standard InChI is InChI=1S/C14H23NO2/c1-13(12-16-2)17-10-6-9-15-11-14-7-4-3-5-8-14/h3-5,7-8,13,15H,6,9-12H2,1-2H3. The zero-order valence-electron chi connectivity index (χ0n) is 10.8. The third kappa shape index (κ3) is 7.10. The predicted octanol–water partition coefficient (Wildman–Crippen LogP) is 2.22. The van der Waals surface area contributed by atoms with Gasteiger partial charge in [0.05, 0.1) is 12.7 Å². The molecule has 1 rings (SSSR count). The highest BCUT2D eigenvalue weighted by molar-refractivity contribution is 5.14. The molecular weight excluding hydrogens is 214 g/mol. The normalized spacial score (nSPS) is 12.6. The first-order chi connectivity index (χ1) is 8.33. The topological polar surface area (TPSA) is 30.5 Å². The molecule has 0 saturated heterocycles. The monoisotopic (exact) mass is 237 g/mol. The summed E-state index contributed by atoms with van der Waals surface area (Å²) in [6.45, 7) is 5.38. The molecule has 3 heteroatoms. The third-order valence-electron chi connectivity index (χ3n) is 2.47. The molecule has 0 spiro atoms. The van der Waals surface area contributed by atoms with Gasteiger partial charge in [-0.05, 0) is 25.5 Å². The van der Waals surface area contributed by atoms with Gasteiger partial charge in [-0.2, -0.15) is 0 Å². The first-order valence-corrected chi connectivity index (χ1v) is 6.18. The first-order valence-electron chi connectivity index (χ1n) is 6.18. The quantitative estimate of drug-likeness (QED) is 0.668. The lowest BCUT2D eigenvalue weighted by atomic mass is 10.2. The van der Waals surface area contributed by atoms with Crippen molar-refractivity contribution in [3.05, 3.63) is 35.9 Å². The van der Waals surface area contributed by atoms with Crippen molar-refractivity contribution in [1.82, 2.24) is 5.32 Å². The lowest BCUT2D eigenvalue weighted by Crippen LogP contribution is -2.19. The van der Waals surface area contributed by atoms with Crippen molar-refractivity contribution in [2.75, 3.05) is 26.9 Å². The van der Waals surface area contributed by atoms with Crippen molar-refractivity contribution in [3.63, 3.8) is 0 Å². The van der Waals surface area contributed by atoms with Crippen LogP contribution in [0.2, 0.25) is 0 Å². The zero-order valence-corrected chi connectivity index (χ0v) is 10.8. The van der Waals surface area contributed by atoms with E-state index in [1.807, 2.05) is 13.0 Å². The minimum absolute atomic E-state index is 0.189. The predicted molar refractivity (Wildman–Crippen MR) is 70.1 cm³/mol. The molecule has 1 atom stereocenters. The van der Waals surface area contributed by atoms with E-state index in [2.05, 4.69) is 29.6 Å². The molecule has 3 nitrogen and oxygen atoms in total. The Morgan fingerprint density at radius 3 is 2.71 bits per heavy atom. The third-order valence-corrected chi connectivity index (χ3v) is 2.47. The van der Waals surface area contributed by atoms with Gasteiger partial charge in [0.25, 0.3) is 0 Å². The van der Waals surface area contributed by atoms with Crippen molar-refractivity contribution in [3.8, 4) is 0 Å². The minimum Gasteiger partial charge on any atom is -0.382 e. The molecule has 17 heavy (non-hydrogen) atoms. The van der Waals surface area contributed by atoms with E-state index in [1.54, 1.807) is 7.11 Å². The molecule has 1 aromatic carbocycles. The molecule has 0 aliphatic rings. The summed E-state index contributed by atoms with van der Waals surface area (Å²) in [5.41, 5.74) is 1.32. The summed E-state index contributed by atoms with van der Waals surface area (Å²) in [5, 5.41) is 3.40. The van der Waals surface area contributed by atoms with Crippen LogP contribution in [0.1, 0.15) is 18.9 Å². The molecule has 0 fully saturated rings. The number of rotatable bonds is 9. The van der Waals surface area contributed by atoms with Gasteiger partial charge in [-0.15, -0.1) is 0 Å². The fourth-order valence-corrected chi connectivity index (χ4v) is 1.59. The SMILES string of the molecule is COCC(C)OCCCNCc1ccccc1. The number of hydrogen-bond donors (Lipinski definition) is 1. The maximum absolute atomic E-state index is 5.57. The number of hydrogen-bond acceptors (Lipinski definition) is 3. The van der Waals surface area contributed by atoms with Crippen molar-refractivity contribution in [1.29, 1.82) is 0 Å². The zero-order chi connectivity index (χ0) is 12.3. The molecule has 0 saturated carbocycles. The van der Waals surface area contributed by atoms with Gasteiger partial charge >= 0.3 is 0 Å². The summed E-state index contributed by atoms with van der Waals surface area (Å²) in [6.07, 6.45) is 1.22. The van der Waals surface area contributed by atoms with Crippen LogP contribution in [0.5, 0.6) is 0 Å². The van der Waals surface area contributed by atoms with Gasteiger partial charge in [-0.3, -0.25) is 0 Å². The largest absolute Gasteiger partial charge is 0.382 e. The van der Waals surface area contributed by atoms with E-state index in [9.17, 15) is 0 Å².